The zero-order chi connectivity index (χ0) is 17.3. The third-order valence-corrected chi connectivity index (χ3v) is 4.47. The normalized spacial score (nSPS) is 11.4. The molecular weight excluding hydrogens is 312 g/mol. The monoisotopic (exact) mass is 334 g/mol. The summed E-state index contributed by atoms with van der Waals surface area (Å²) >= 11 is 1.45. The summed E-state index contributed by atoms with van der Waals surface area (Å²) in [5.41, 5.74) is 0.717. The second-order valence-electron chi connectivity index (χ2n) is 6.17. The molecule has 0 fully saturated rings. The van der Waals surface area contributed by atoms with Crippen LogP contribution in [0.15, 0.2) is 26.8 Å². The van der Waals surface area contributed by atoms with Gasteiger partial charge in [-0.25, -0.2) is 14.8 Å². The lowest BCUT2D eigenvalue weighted by molar-refractivity contribution is 0.498. The molecule has 0 radical (unpaired) electrons. The maximum atomic E-state index is 12.6. The van der Waals surface area contributed by atoms with E-state index in [2.05, 4.69) is 16.5 Å². The Hall–Kier alpha value is -1.89. The van der Waals surface area contributed by atoms with E-state index < -0.39 is 0 Å². The highest BCUT2D eigenvalue weighted by Crippen LogP contribution is 2.24. The van der Waals surface area contributed by atoms with Crippen LogP contribution in [0.1, 0.15) is 26.6 Å². The Morgan fingerprint density at radius 1 is 1.30 bits per heavy atom. The highest BCUT2D eigenvalue weighted by molar-refractivity contribution is 7.99. The highest BCUT2D eigenvalue weighted by Gasteiger charge is 2.18. The van der Waals surface area contributed by atoms with E-state index in [1.54, 1.807) is 11.5 Å². The molecule has 0 amide bonds. The molecule has 0 aliphatic carbocycles. The predicted octanol–water partition coefficient (Wildman–Crippen LogP) is 2.12. The molecule has 0 bridgehead atoms. The van der Waals surface area contributed by atoms with Crippen molar-refractivity contribution in [2.24, 2.45) is 13.0 Å². The molecule has 2 heterocycles. The van der Waals surface area contributed by atoms with Gasteiger partial charge in [-0.3, -0.25) is 13.9 Å². The van der Waals surface area contributed by atoms with Crippen molar-refractivity contribution in [1.82, 2.24) is 19.1 Å². The first-order chi connectivity index (χ1) is 10.7. The topological polar surface area (TPSA) is 69.8 Å². The number of aryl methyl sites for hydroxylation is 1. The first-order valence-electron chi connectivity index (χ1n) is 7.47. The Morgan fingerprint density at radius 3 is 2.52 bits per heavy atom. The van der Waals surface area contributed by atoms with Crippen molar-refractivity contribution in [1.29, 1.82) is 0 Å². The number of nitrogens with zero attached hydrogens (tertiary/aromatic N) is 4. The molecule has 2 rings (SSSR count). The van der Waals surface area contributed by atoms with Crippen LogP contribution in [0.3, 0.4) is 0 Å². The second kappa shape index (κ2) is 6.70. The number of rotatable bonds is 5. The average Bonchev–Trinajstić information content (AvgIpc) is 2.46. The number of fused-ring (bicyclic) bond motifs is 1. The molecule has 0 atom stereocenters. The van der Waals surface area contributed by atoms with Crippen LogP contribution < -0.4 is 11.2 Å². The van der Waals surface area contributed by atoms with Gasteiger partial charge in [0.25, 0.3) is 5.56 Å². The lowest BCUT2D eigenvalue weighted by atomic mass is 10.2. The van der Waals surface area contributed by atoms with Crippen molar-refractivity contribution in [3.8, 4) is 0 Å². The smallest absolute Gasteiger partial charge is 0.277 e. The molecule has 0 aliphatic rings. The lowest BCUT2D eigenvalue weighted by Gasteiger charge is -2.15. The average molecular weight is 334 g/mol. The summed E-state index contributed by atoms with van der Waals surface area (Å²) in [6, 6.07) is 0. The van der Waals surface area contributed by atoms with Gasteiger partial charge >= 0.3 is 5.69 Å². The van der Waals surface area contributed by atoms with E-state index in [1.165, 1.54) is 18.8 Å². The van der Waals surface area contributed by atoms with E-state index in [9.17, 15) is 9.59 Å². The van der Waals surface area contributed by atoms with Gasteiger partial charge in [0.2, 0.25) is 0 Å². The summed E-state index contributed by atoms with van der Waals surface area (Å²) in [5, 5.41) is 1.01. The third kappa shape index (κ3) is 3.55. The molecule has 0 aromatic carbocycles. The van der Waals surface area contributed by atoms with Gasteiger partial charge in [-0.1, -0.05) is 26.0 Å². The van der Waals surface area contributed by atoms with E-state index >= 15 is 0 Å². The lowest BCUT2D eigenvalue weighted by Crippen LogP contribution is -2.39. The van der Waals surface area contributed by atoms with Crippen molar-refractivity contribution in [2.45, 2.75) is 39.3 Å². The van der Waals surface area contributed by atoms with Crippen molar-refractivity contribution >= 4 is 22.8 Å². The highest BCUT2D eigenvalue weighted by atomic mass is 32.2. The van der Waals surface area contributed by atoms with Crippen LogP contribution in [-0.4, -0.2) is 24.9 Å². The molecule has 0 spiro atoms. The SMILES string of the molecule is C=C(C)CSc1nc(C)nc2c1c(=O)n(C)c(=O)n2CC(C)C. The summed E-state index contributed by atoms with van der Waals surface area (Å²) in [6.07, 6.45) is 0. The number of thioether (sulfide) groups is 1. The molecule has 6 nitrogen and oxygen atoms in total. The van der Waals surface area contributed by atoms with Gasteiger partial charge in [0.15, 0.2) is 5.65 Å². The molecule has 0 saturated carbocycles. The van der Waals surface area contributed by atoms with E-state index in [-0.39, 0.29) is 17.2 Å². The first kappa shape index (κ1) is 17.5. The fourth-order valence-corrected chi connectivity index (χ4v) is 3.17. The molecular formula is C16H22N4O2S. The van der Waals surface area contributed by atoms with Crippen LogP contribution in [0.2, 0.25) is 0 Å². The predicted molar refractivity (Wildman–Crippen MR) is 94.2 cm³/mol. The zero-order valence-electron chi connectivity index (χ0n) is 14.2. The Morgan fingerprint density at radius 2 is 1.96 bits per heavy atom. The molecule has 2 aromatic rings. The van der Waals surface area contributed by atoms with E-state index in [4.69, 9.17) is 0 Å². The summed E-state index contributed by atoms with van der Waals surface area (Å²) in [6.45, 7) is 12.1. The Labute approximate surface area is 139 Å². The first-order valence-corrected chi connectivity index (χ1v) is 8.46. The quantitative estimate of drug-likeness (QED) is 0.476. The summed E-state index contributed by atoms with van der Waals surface area (Å²) in [4.78, 5) is 33.9. The summed E-state index contributed by atoms with van der Waals surface area (Å²) in [7, 11) is 1.49. The van der Waals surface area contributed by atoms with Gasteiger partial charge in [0, 0.05) is 19.3 Å². The molecule has 23 heavy (non-hydrogen) atoms. The maximum absolute atomic E-state index is 12.6. The maximum Gasteiger partial charge on any atom is 0.332 e. The minimum atomic E-state index is -0.353. The van der Waals surface area contributed by atoms with Crippen LogP contribution in [0.5, 0.6) is 0 Å². The van der Waals surface area contributed by atoms with E-state index in [1.807, 2.05) is 20.8 Å². The minimum Gasteiger partial charge on any atom is -0.277 e. The molecule has 124 valence electrons. The molecule has 2 aromatic heterocycles. The van der Waals surface area contributed by atoms with Gasteiger partial charge in [-0.15, -0.1) is 11.8 Å². The molecule has 0 N–H and O–H groups in total. The number of aromatic nitrogens is 4. The van der Waals surface area contributed by atoms with Crippen molar-refractivity contribution in [2.75, 3.05) is 5.75 Å². The largest absolute Gasteiger partial charge is 0.332 e. The molecule has 0 unspecified atom stereocenters. The Balaban J connectivity index is 2.85. The van der Waals surface area contributed by atoms with Crippen LogP contribution >= 0.6 is 11.8 Å². The van der Waals surface area contributed by atoms with Gasteiger partial charge in [-0.05, 0) is 19.8 Å². The third-order valence-electron chi connectivity index (χ3n) is 3.26. The molecule has 7 heteroatoms. The molecule has 0 aliphatic heterocycles. The van der Waals surface area contributed by atoms with E-state index in [0.29, 0.717) is 34.2 Å². The van der Waals surface area contributed by atoms with Crippen LogP contribution in [0.25, 0.3) is 11.0 Å². The number of hydrogen-bond acceptors (Lipinski definition) is 5. The van der Waals surface area contributed by atoms with Crippen LogP contribution in [-0.2, 0) is 13.6 Å². The van der Waals surface area contributed by atoms with Crippen molar-refractivity contribution < 1.29 is 0 Å². The van der Waals surface area contributed by atoms with Gasteiger partial charge in [0.05, 0.1) is 0 Å². The zero-order valence-corrected chi connectivity index (χ0v) is 15.0. The second-order valence-corrected chi connectivity index (χ2v) is 7.14. The fourth-order valence-electron chi connectivity index (χ4n) is 2.27. The van der Waals surface area contributed by atoms with Gasteiger partial charge in [0.1, 0.15) is 16.2 Å². The van der Waals surface area contributed by atoms with Gasteiger partial charge in [-0.2, -0.15) is 0 Å². The van der Waals surface area contributed by atoms with Crippen LogP contribution in [0.4, 0.5) is 0 Å². The number of hydrogen-bond donors (Lipinski definition) is 0. The van der Waals surface area contributed by atoms with Crippen LogP contribution in [0, 0.1) is 12.8 Å². The van der Waals surface area contributed by atoms with E-state index in [0.717, 1.165) is 10.1 Å². The van der Waals surface area contributed by atoms with Gasteiger partial charge < -0.3 is 0 Å². The summed E-state index contributed by atoms with van der Waals surface area (Å²) in [5.74, 6) is 1.47. The van der Waals surface area contributed by atoms with Crippen molar-refractivity contribution in [3.63, 3.8) is 0 Å². The fraction of sp³-hybridized carbons (Fsp3) is 0.500. The standard InChI is InChI=1S/C16H22N4O2S/c1-9(2)7-20-13-12(15(21)19(6)16(20)22)14(18-11(5)17-13)23-8-10(3)4/h9H,3,7-8H2,1-2,4-6H3. The molecule has 0 saturated heterocycles. The summed E-state index contributed by atoms with van der Waals surface area (Å²) < 4.78 is 2.70. The minimum absolute atomic E-state index is 0.259. The Bertz CT molecular complexity index is 880. The van der Waals surface area contributed by atoms with Crippen molar-refractivity contribution in [3.05, 3.63) is 38.8 Å². The Kier molecular flexibility index (Phi) is 5.09.